The fourth-order valence-electron chi connectivity index (χ4n) is 4.94. The van der Waals surface area contributed by atoms with Crippen molar-refractivity contribution in [1.82, 2.24) is 14.8 Å². The maximum absolute atomic E-state index is 14.3. The summed E-state index contributed by atoms with van der Waals surface area (Å²) in [4.78, 5) is 22.2. The maximum atomic E-state index is 14.3. The molecule has 2 aromatic carbocycles. The average Bonchev–Trinajstić information content (AvgIpc) is 3.18. The van der Waals surface area contributed by atoms with Crippen LogP contribution in [0.2, 0.25) is 0 Å². The van der Waals surface area contributed by atoms with Gasteiger partial charge in [-0.15, -0.1) is 0 Å². The number of hydrogen-bond donors (Lipinski definition) is 0. The van der Waals surface area contributed by atoms with Gasteiger partial charge in [-0.2, -0.15) is 0 Å². The molecule has 5 rings (SSSR count). The van der Waals surface area contributed by atoms with Crippen molar-refractivity contribution in [2.45, 2.75) is 24.6 Å². The minimum Gasteiger partial charge on any atom is -0.361 e. The molecule has 5 nitrogen and oxygen atoms in total. The van der Waals surface area contributed by atoms with Crippen LogP contribution < -0.4 is 0 Å². The number of nitrogens with zero attached hydrogens (tertiary/aromatic N) is 3. The Hall–Kier alpha value is -3.09. The molecular weight excluding hydrogens is 405 g/mol. The summed E-state index contributed by atoms with van der Waals surface area (Å²) in [5, 5.41) is 0. The quantitative estimate of drug-likeness (QED) is 0.619. The number of rotatable bonds is 5. The second-order valence-electron chi connectivity index (χ2n) is 8.55. The molecule has 0 radical (unpaired) electrons. The van der Waals surface area contributed by atoms with E-state index in [1.54, 1.807) is 18.3 Å². The largest absolute Gasteiger partial charge is 0.361 e. The Morgan fingerprint density at radius 2 is 1.84 bits per heavy atom. The smallest absolute Gasteiger partial charge is 0.257 e. The van der Waals surface area contributed by atoms with Crippen molar-refractivity contribution in [2.24, 2.45) is 0 Å². The standard InChI is InChI=1S/C26H26FN3O2/c27-24-11-5-4-9-22(24)17-29-18-23(21-10-6-12-28-15-21)26(19-29)25(31)30(13-14-32-26)16-20-7-2-1-3-8-20/h1-12,15,23H,13-14,16-19H2/t23-,26+/m0/s1. The molecule has 164 valence electrons. The van der Waals surface area contributed by atoms with Crippen molar-refractivity contribution in [2.75, 3.05) is 26.2 Å². The molecular formula is C26H26FN3O2. The number of likely N-dealkylation sites (tertiary alicyclic amines) is 1. The lowest BCUT2D eigenvalue weighted by Gasteiger charge is -2.42. The van der Waals surface area contributed by atoms with Crippen LogP contribution >= 0.6 is 0 Å². The van der Waals surface area contributed by atoms with Gasteiger partial charge in [-0.05, 0) is 23.3 Å². The first-order valence-corrected chi connectivity index (χ1v) is 11.0. The van der Waals surface area contributed by atoms with Crippen LogP contribution in [0.3, 0.4) is 0 Å². The van der Waals surface area contributed by atoms with E-state index in [1.807, 2.05) is 59.6 Å². The topological polar surface area (TPSA) is 45.7 Å². The summed E-state index contributed by atoms with van der Waals surface area (Å²) in [6.07, 6.45) is 3.54. The zero-order valence-corrected chi connectivity index (χ0v) is 17.9. The fraction of sp³-hybridized carbons (Fsp3) is 0.308. The molecule has 1 aromatic heterocycles. The number of pyridine rings is 1. The Morgan fingerprint density at radius 3 is 2.62 bits per heavy atom. The van der Waals surface area contributed by atoms with E-state index in [0.717, 1.165) is 11.1 Å². The molecule has 3 heterocycles. The van der Waals surface area contributed by atoms with Gasteiger partial charge in [-0.25, -0.2) is 4.39 Å². The van der Waals surface area contributed by atoms with Crippen LogP contribution in [0.15, 0.2) is 79.1 Å². The molecule has 2 aliphatic rings. The molecule has 2 aliphatic heterocycles. The molecule has 2 atom stereocenters. The van der Waals surface area contributed by atoms with Gasteiger partial charge < -0.3 is 9.64 Å². The number of carbonyl (C=O) groups is 1. The summed E-state index contributed by atoms with van der Waals surface area (Å²) in [6.45, 7) is 3.04. The van der Waals surface area contributed by atoms with Gasteiger partial charge in [-0.1, -0.05) is 54.6 Å². The van der Waals surface area contributed by atoms with E-state index >= 15 is 0 Å². The van der Waals surface area contributed by atoms with Crippen molar-refractivity contribution in [3.8, 4) is 0 Å². The summed E-state index contributed by atoms with van der Waals surface area (Å²) in [5.74, 6) is -0.403. The lowest BCUT2D eigenvalue weighted by Crippen LogP contribution is -2.59. The summed E-state index contributed by atoms with van der Waals surface area (Å²) >= 11 is 0. The minimum atomic E-state index is -0.999. The van der Waals surface area contributed by atoms with Crippen LogP contribution in [0.1, 0.15) is 22.6 Å². The fourth-order valence-corrected chi connectivity index (χ4v) is 4.94. The van der Waals surface area contributed by atoms with Crippen LogP contribution in [0.5, 0.6) is 0 Å². The summed E-state index contributed by atoms with van der Waals surface area (Å²) < 4.78 is 20.7. The highest BCUT2D eigenvalue weighted by atomic mass is 19.1. The molecule has 32 heavy (non-hydrogen) atoms. The van der Waals surface area contributed by atoms with Gasteiger partial charge in [-0.3, -0.25) is 14.7 Å². The summed E-state index contributed by atoms with van der Waals surface area (Å²) in [6, 6.07) is 20.7. The SMILES string of the molecule is O=C1N(Cc2ccccc2)CCO[C@@]12CN(Cc1ccccc1F)C[C@H]2c1cccnc1. The van der Waals surface area contributed by atoms with E-state index < -0.39 is 5.60 Å². The van der Waals surface area contributed by atoms with E-state index in [0.29, 0.717) is 44.9 Å². The molecule has 2 saturated heterocycles. The van der Waals surface area contributed by atoms with Crippen LogP contribution in [-0.4, -0.2) is 52.5 Å². The average molecular weight is 432 g/mol. The number of aromatic nitrogens is 1. The van der Waals surface area contributed by atoms with Gasteiger partial charge in [0.25, 0.3) is 5.91 Å². The maximum Gasteiger partial charge on any atom is 0.257 e. The summed E-state index contributed by atoms with van der Waals surface area (Å²) in [7, 11) is 0. The van der Waals surface area contributed by atoms with E-state index in [4.69, 9.17) is 4.74 Å². The Kier molecular flexibility index (Phi) is 5.72. The van der Waals surface area contributed by atoms with Crippen LogP contribution in [0.25, 0.3) is 0 Å². The molecule has 0 N–H and O–H groups in total. The third-order valence-electron chi connectivity index (χ3n) is 6.49. The first-order valence-electron chi connectivity index (χ1n) is 11.0. The van der Waals surface area contributed by atoms with Crippen LogP contribution in [0.4, 0.5) is 4.39 Å². The van der Waals surface area contributed by atoms with E-state index in [9.17, 15) is 9.18 Å². The van der Waals surface area contributed by atoms with Crippen LogP contribution in [0, 0.1) is 5.82 Å². The highest BCUT2D eigenvalue weighted by molar-refractivity contribution is 5.88. The second-order valence-corrected chi connectivity index (χ2v) is 8.55. The molecule has 6 heteroatoms. The monoisotopic (exact) mass is 431 g/mol. The Bertz CT molecular complexity index is 1080. The van der Waals surface area contributed by atoms with Crippen LogP contribution in [-0.2, 0) is 22.6 Å². The highest BCUT2D eigenvalue weighted by Gasteiger charge is 2.57. The number of amides is 1. The van der Waals surface area contributed by atoms with E-state index in [-0.39, 0.29) is 17.6 Å². The molecule has 0 aliphatic carbocycles. The van der Waals surface area contributed by atoms with Crippen molar-refractivity contribution in [3.05, 3.63) is 102 Å². The second kappa shape index (κ2) is 8.81. The first kappa shape index (κ1) is 20.8. The zero-order valence-electron chi connectivity index (χ0n) is 17.9. The van der Waals surface area contributed by atoms with Gasteiger partial charge in [0, 0.05) is 56.6 Å². The number of hydrogen-bond acceptors (Lipinski definition) is 4. The van der Waals surface area contributed by atoms with Crippen molar-refractivity contribution < 1.29 is 13.9 Å². The molecule has 3 aromatic rings. The predicted octanol–water partition coefficient (Wildman–Crippen LogP) is 3.62. The van der Waals surface area contributed by atoms with Gasteiger partial charge in [0.15, 0.2) is 5.60 Å². The number of carbonyl (C=O) groups excluding carboxylic acids is 1. The zero-order chi connectivity index (χ0) is 22.0. The van der Waals surface area contributed by atoms with E-state index in [2.05, 4.69) is 9.88 Å². The molecule has 1 spiro atoms. The van der Waals surface area contributed by atoms with Crippen molar-refractivity contribution >= 4 is 5.91 Å². The minimum absolute atomic E-state index is 0.00232. The lowest BCUT2D eigenvalue weighted by molar-refractivity contribution is -0.173. The number of morpholine rings is 1. The Morgan fingerprint density at radius 1 is 1.03 bits per heavy atom. The molecule has 2 fully saturated rings. The highest BCUT2D eigenvalue weighted by Crippen LogP contribution is 2.42. The predicted molar refractivity (Wildman–Crippen MR) is 119 cm³/mol. The van der Waals surface area contributed by atoms with Crippen molar-refractivity contribution in [3.63, 3.8) is 0 Å². The molecule has 1 amide bonds. The van der Waals surface area contributed by atoms with Gasteiger partial charge in [0.2, 0.25) is 0 Å². The van der Waals surface area contributed by atoms with Gasteiger partial charge in [0.1, 0.15) is 5.82 Å². The third kappa shape index (κ3) is 3.92. The normalized spacial score (nSPS) is 23.7. The lowest BCUT2D eigenvalue weighted by atomic mass is 9.83. The van der Waals surface area contributed by atoms with Crippen molar-refractivity contribution in [1.29, 1.82) is 0 Å². The van der Waals surface area contributed by atoms with Gasteiger partial charge >= 0.3 is 0 Å². The Balaban J connectivity index is 1.45. The Labute approximate surface area is 187 Å². The van der Waals surface area contributed by atoms with E-state index in [1.165, 1.54) is 6.07 Å². The first-order chi connectivity index (χ1) is 15.7. The number of halogens is 1. The number of benzene rings is 2. The summed E-state index contributed by atoms with van der Waals surface area (Å²) in [5.41, 5.74) is 1.69. The molecule has 0 bridgehead atoms. The third-order valence-corrected chi connectivity index (χ3v) is 6.49. The molecule has 0 unspecified atom stereocenters. The van der Waals surface area contributed by atoms with Gasteiger partial charge in [0.05, 0.1) is 6.61 Å². The molecule has 0 saturated carbocycles. The number of ether oxygens (including phenoxy) is 1.